The molecule has 0 unspecified atom stereocenters. The van der Waals surface area contributed by atoms with E-state index in [0.29, 0.717) is 16.6 Å². The number of nitrogen functional groups attached to an aromatic ring is 2. The van der Waals surface area contributed by atoms with Gasteiger partial charge in [-0.25, -0.2) is 0 Å². The normalized spacial score (nSPS) is 10.3. The summed E-state index contributed by atoms with van der Waals surface area (Å²) in [5.41, 5.74) is 11.6. The predicted molar refractivity (Wildman–Crippen MR) is 101 cm³/mol. The molecule has 1 amide bonds. The Morgan fingerprint density at radius 2 is 1.54 bits per heavy atom. The van der Waals surface area contributed by atoms with Gasteiger partial charge in [0.1, 0.15) is 11.5 Å². The van der Waals surface area contributed by atoms with Crippen LogP contribution in [0.3, 0.4) is 0 Å². The van der Waals surface area contributed by atoms with Crippen molar-refractivity contribution in [1.82, 2.24) is 15.0 Å². The number of hydrogen-bond donors (Lipinski definition) is 3. The molecule has 2 aromatic carbocycles. The standard InChI is InChI=1S/C17H16N6O2S/c18-15-21-16(19)23-17(22-15)26-10-14(24)20-11-6-8-13(9-7-11)25-12-4-2-1-3-5-12/h1-9H,10H2,(H,20,24)(H4,18,19,21,22,23). The number of aromatic nitrogens is 3. The largest absolute Gasteiger partial charge is 0.457 e. The molecule has 8 nitrogen and oxygen atoms in total. The van der Waals surface area contributed by atoms with Gasteiger partial charge in [0.25, 0.3) is 0 Å². The third-order valence-electron chi connectivity index (χ3n) is 3.10. The number of para-hydroxylation sites is 1. The molecule has 132 valence electrons. The summed E-state index contributed by atoms with van der Waals surface area (Å²) in [6.07, 6.45) is 0. The maximum Gasteiger partial charge on any atom is 0.234 e. The van der Waals surface area contributed by atoms with Gasteiger partial charge in [-0.2, -0.15) is 15.0 Å². The van der Waals surface area contributed by atoms with E-state index in [-0.39, 0.29) is 23.6 Å². The predicted octanol–water partition coefficient (Wildman–Crippen LogP) is 2.56. The van der Waals surface area contributed by atoms with E-state index >= 15 is 0 Å². The van der Waals surface area contributed by atoms with Crippen molar-refractivity contribution in [1.29, 1.82) is 0 Å². The minimum Gasteiger partial charge on any atom is -0.457 e. The number of rotatable bonds is 6. The van der Waals surface area contributed by atoms with Crippen molar-refractivity contribution in [3.05, 3.63) is 54.6 Å². The quantitative estimate of drug-likeness (QED) is 0.566. The highest BCUT2D eigenvalue weighted by atomic mass is 32.2. The minimum absolute atomic E-state index is 0.0226. The van der Waals surface area contributed by atoms with Crippen LogP contribution in [0.2, 0.25) is 0 Å². The Labute approximate surface area is 154 Å². The number of carbonyl (C=O) groups excluding carboxylic acids is 1. The van der Waals surface area contributed by atoms with Gasteiger partial charge in [-0.3, -0.25) is 4.79 Å². The van der Waals surface area contributed by atoms with E-state index in [4.69, 9.17) is 16.2 Å². The van der Waals surface area contributed by atoms with Crippen molar-refractivity contribution >= 4 is 35.3 Å². The van der Waals surface area contributed by atoms with Crippen LogP contribution in [-0.4, -0.2) is 26.6 Å². The summed E-state index contributed by atoms with van der Waals surface area (Å²) in [4.78, 5) is 23.5. The van der Waals surface area contributed by atoms with E-state index in [1.54, 1.807) is 24.3 Å². The van der Waals surface area contributed by atoms with E-state index in [2.05, 4.69) is 20.3 Å². The molecule has 0 radical (unpaired) electrons. The zero-order chi connectivity index (χ0) is 18.4. The summed E-state index contributed by atoms with van der Waals surface area (Å²) in [5.74, 6) is 1.38. The van der Waals surface area contributed by atoms with Crippen LogP contribution in [0, 0.1) is 0 Å². The number of nitrogens with zero attached hydrogens (tertiary/aromatic N) is 3. The average Bonchev–Trinajstić information content (AvgIpc) is 2.62. The monoisotopic (exact) mass is 368 g/mol. The summed E-state index contributed by atoms with van der Waals surface area (Å²) in [6.45, 7) is 0. The van der Waals surface area contributed by atoms with Crippen molar-refractivity contribution in [2.24, 2.45) is 0 Å². The molecule has 0 fully saturated rings. The van der Waals surface area contributed by atoms with Gasteiger partial charge in [0.15, 0.2) is 5.16 Å². The number of ether oxygens (including phenoxy) is 1. The number of thioether (sulfide) groups is 1. The highest BCUT2D eigenvalue weighted by Crippen LogP contribution is 2.23. The first-order valence-corrected chi connectivity index (χ1v) is 8.60. The lowest BCUT2D eigenvalue weighted by atomic mass is 10.3. The van der Waals surface area contributed by atoms with Crippen LogP contribution >= 0.6 is 11.8 Å². The van der Waals surface area contributed by atoms with Crippen molar-refractivity contribution in [2.75, 3.05) is 22.5 Å². The van der Waals surface area contributed by atoms with E-state index in [9.17, 15) is 4.79 Å². The van der Waals surface area contributed by atoms with Crippen molar-refractivity contribution in [3.63, 3.8) is 0 Å². The number of carbonyl (C=O) groups is 1. The fourth-order valence-corrected chi connectivity index (χ4v) is 2.66. The zero-order valence-electron chi connectivity index (χ0n) is 13.6. The maximum absolute atomic E-state index is 12.0. The maximum atomic E-state index is 12.0. The third kappa shape index (κ3) is 5.08. The Morgan fingerprint density at radius 1 is 0.923 bits per heavy atom. The van der Waals surface area contributed by atoms with Gasteiger partial charge in [0.2, 0.25) is 17.8 Å². The molecule has 0 aliphatic carbocycles. The van der Waals surface area contributed by atoms with E-state index < -0.39 is 0 Å². The molecule has 0 atom stereocenters. The third-order valence-corrected chi connectivity index (χ3v) is 3.95. The summed E-state index contributed by atoms with van der Waals surface area (Å²) >= 11 is 1.12. The molecule has 3 aromatic rings. The minimum atomic E-state index is -0.204. The first-order chi connectivity index (χ1) is 12.6. The second kappa shape index (κ2) is 8.17. The molecule has 0 saturated heterocycles. The van der Waals surface area contributed by atoms with Gasteiger partial charge in [-0.05, 0) is 36.4 Å². The van der Waals surface area contributed by atoms with Crippen molar-refractivity contribution < 1.29 is 9.53 Å². The lowest BCUT2D eigenvalue weighted by Crippen LogP contribution is -2.14. The molecular formula is C17H16N6O2S. The molecule has 0 aliphatic heterocycles. The van der Waals surface area contributed by atoms with Gasteiger partial charge < -0.3 is 21.5 Å². The van der Waals surface area contributed by atoms with Crippen LogP contribution in [0.1, 0.15) is 0 Å². The summed E-state index contributed by atoms with van der Waals surface area (Å²) in [5, 5.41) is 3.09. The first-order valence-electron chi connectivity index (χ1n) is 7.61. The lowest BCUT2D eigenvalue weighted by Gasteiger charge is -2.08. The van der Waals surface area contributed by atoms with E-state index in [1.165, 1.54) is 0 Å². The van der Waals surface area contributed by atoms with Crippen LogP contribution in [-0.2, 0) is 4.79 Å². The highest BCUT2D eigenvalue weighted by molar-refractivity contribution is 7.99. The van der Waals surface area contributed by atoms with Gasteiger partial charge >= 0.3 is 0 Å². The van der Waals surface area contributed by atoms with E-state index in [1.807, 2.05) is 30.3 Å². The SMILES string of the molecule is Nc1nc(N)nc(SCC(=O)Nc2ccc(Oc3ccccc3)cc2)n1. The Hall–Kier alpha value is -3.33. The van der Waals surface area contributed by atoms with Crippen LogP contribution < -0.4 is 21.5 Å². The number of amides is 1. The van der Waals surface area contributed by atoms with Gasteiger partial charge in [-0.1, -0.05) is 30.0 Å². The van der Waals surface area contributed by atoms with Gasteiger partial charge in [-0.15, -0.1) is 0 Å². The van der Waals surface area contributed by atoms with E-state index in [0.717, 1.165) is 17.5 Å². The van der Waals surface area contributed by atoms with Crippen LogP contribution in [0.5, 0.6) is 11.5 Å². The second-order valence-corrected chi connectivity index (χ2v) is 6.05. The lowest BCUT2D eigenvalue weighted by molar-refractivity contribution is -0.113. The molecule has 1 heterocycles. The molecule has 0 spiro atoms. The molecule has 26 heavy (non-hydrogen) atoms. The molecule has 5 N–H and O–H groups in total. The molecule has 0 bridgehead atoms. The Balaban J connectivity index is 1.52. The summed E-state index contributed by atoms with van der Waals surface area (Å²) < 4.78 is 5.70. The molecule has 1 aromatic heterocycles. The number of nitrogens with two attached hydrogens (primary N) is 2. The topological polar surface area (TPSA) is 129 Å². The van der Waals surface area contributed by atoms with Crippen LogP contribution in [0.15, 0.2) is 59.8 Å². The highest BCUT2D eigenvalue weighted by Gasteiger charge is 2.08. The molecule has 3 rings (SSSR count). The second-order valence-electron chi connectivity index (χ2n) is 5.11. The smallest absolute Gasteiger partial charge is 0.234 e. The van der Waals surface area contributed by atoms with Crippen molar-refractivity contribution in [2.45, 2.75) is 5.16 Å². The number of hydrogen-bond acceptors (Lipinski definition) is 8. The average molecular weight is 368 g/mol. The fourth-order valence-electron chi connectivity index (χ4n) is 2.01. The molecule has 9 heteroatoms. The Kier molecular flexibility index (Phi) is 5.49. The summed E-state index contributed by atoms with van der Waals surface area (Å²) in [7, 11) is 0. The van der Waals surface area contributed by atoms with Gasteiger partial charge in [0, 0.05) is 5.69 Å². The Bertz CT molecular complexity index is 869. The number of anilines is 3. The summed E-state index contributed by atoms with van der Waals surface area (Å²) in [6, 6.07) is 16.5. The molecular weight excluding hydrogens is 352 g/mol. The van der Waals surface area contributed by atoms with Crippen LogP contribution in [0.25, 0.3) is 0 Å². The van der Waals surface area contributed by atoms with Gasteiger partial charge in [0.05, 0.1) is 5.75 Å². The van der Waals surface area contributed by atoms with Crippen molar-refractivity contribution in [3.8, 4) is 11.5 Å². The number of benzene rings is 2. The molecule has 0 aliphatic rings. The fraction of sp³-hybridized carbons (Fsp3) is 0.0588. The Morgan fingerprint density at radius 3 is 2.19 bits per heavy atom. The first kappa shape index (κ1) is 17.5. The zero-order valence-corrected chi connectivity index (χ0v) is 14.4. The number of nitrogens with one attached hydrogen (secondary N) is 1. The molecule has 0 saturated carbocycles. The van der Waals surface area contributed by atoms with Crippen LogP contribution in [0.4, 0.5) is 17.6 Å².